The lowest BCUT2D eigenvalue weighted by Crippen LogP contribution is -2.19. The maximum absolute atomic E-state index is 6.03. The number of anilines is 2. The number of rotatable bonds is 4. The van der Waals surface area contributed by atoms with E-state index in [1.54, 1.807) is 10.7 Å². The monoisotopic (exact) mass is 376 g/mol. The molecule has 0 radical (unpaired) electrons. The summed E-state index contributed by atoms with van der Waals surface area (Å²) in [6.07, 6.45) is 1.87. The maximum Gasteiger partial charge on any atom is 0.176 e. The number of para-hydroxylation sites is 1. The van der Waals surface area contributed by atoms with E-state index >= 15 is 0 Å². The van der Waals surface area contributed by atoms with Crippen molar-refractivity contribution in [2.24, 2.45) is 0 Å². The highest BCUT2D eigenvalue weighted by Gasteiger charge is 2.04. The van der Waals surface area contributed by atoms with Crippen molar-refractivity contribution in [2.45, 2.75) is 6.54 Å². The summed E-state index contributed by atoms with van der Waals surface area (Å²) in [5.74, 6) is 0.670. The summed E-state index contributed by atoms with van der Waals surface area (Å²) in [6, 6.07) is 17.1. The van der Waals surface area contributed by atoms with Crippen LogP contribution in [0.4, 0.5) is 11.5 Å². The van der Waals surface area contributed by atoms with Crippen LogP contribution in [-0.4, -0.2) is 14.9 Å². The zero-order chi connectivity index (χ0) is 16.9. The van der Waals surface area contributed by atoms with E-state index in [1.165, 1.54) is 0 Å². The number of nitrogens with one attached hydrogen (secondary N) is 2. The van der Waals surface area contributed by atoms with Gasteiger partial charge in [0.1, 0.15) is 0 Å². The summed E-state index contributed by atoms with van der Waals surface area (Å²) in [7, 11) is 0. The predicted octanol–water partition coefficient (Wildman–Crippen LogP) is 5.05. The molecule has 1 aromatic heterocycles. The average Bonchev–Trinajstić information content (AvgIpc) is 2.98. The van der Waals surface area contributed by atoms with Gasteiger partial charge in [0.25, 0.3) is 0 Å². The van der Waals surface area contributed by atoms with E-state index in [0.29, 0.717) is 27.5 Å². The van der Waals surface area contributed by atoms with Crippen molar-refractivity contribution >= 4 is 52.0 Å². The normalized spacial score (nSPS) is 10.4. The Balaban J connectivity index is 1.60. The van der Waals surface area contributed by atoms with Crippen LogP contribution in [0.1, 0.15) is 5.56 Å². The molecule has 0 aliphatic carbocycles. The molecule has 3 aromatic rings. The predicted molar refractivity (Wildman–Crippen MR) is 104 cm³/mol. The van der Waals surface area contributed by atoms with Crippen molar-refractivity contribution in [3.8, 4) is 0 Å². The highest BCUT2D eigenvalue weighted by molar-refractivity contribution is 7.80. The van der Waals surface area contributed by atoms with Gasteiger partial charge in [-0.3, -0.25) is 4.68 Å². The smallest absolute Gasteiger partial charge is 0.176 e. The second-order valence-corrected chi connectivity index (χ2v) is 6.31. The van der Waals surface area contributed by atoms with Crippen molar-refractivity contribution in [3.63, 3.8) is 0 Å². The first kappa shape index (κ1) is 16.8. The minimum atomic E-state index is 0.487. The number of benzene rings is 2. The highest BCUT2D eigenvalue weighted by Crippen LogP contribution is 2.23. The lowest BCUT2D eigenvalue weighted by molar-refractivity contribution is 0.690. The Kier molecular flexibility index (Phi) is 5.35. The van der Waals surface area contributed by atoms with Gasteiger partial charge in [-0.1, -0.05) is 47.5 Å². The molecule has 0 unspecified atom stereocenters. The molecule has 0 aliphatic heterocycles. The third-order valence-corrected chi connectivity index (χ3v) is 4.19. The Morgan fingerprint density at radius 2 is 1.79 bits per heavy atom. The van der Waals surface area contributed by atoms with Crippen LogP contribution in [0.2, 0.25) is 10.0 Å². The Hall–Kier alpha value is -2.08. The first-order valence-corrected chi connectivity index (χ1v) is 8.37. The zero-order valence-electron chi connectivity index (χ0n) is 12.5. The highest BCUT2D eigenvalue weighted by atomic mass is 35.5. The molecule has 4 nitrogen and oxygen atoms in total. The molecule has 2 aromatic carbocycles. The standard InChI is InChI=1S/C17H14Cl2N4S/c18-14-7-6-12(10-15(14)19)11-23-9-8-16(22-23)21-17(24)20-13-4-2-1-3-5-13/h1-10H,11H2,(H2,20,21,22,24). The molecule has 1 heterocycles. The molecule has 3 rings (SSSR count). The van der Waals surface area contributed by atoms with Crippen molar-refractivity contribution in [1.29, 1.82) is 0 Å². The summed E-state index contributed by atoms with van der Waals surface area (Å²) >= 11 is 17.2. The molecule has 2 N–H and O–H groups in total. The average molecular weight is 377 g/mol. The Morgan fingerprint density at radius 1 is 1.00 bits per heavy atom. The van der Waals surface area contributed by atoms with E-state index in [2.05, 4.69) is 15.7 Å². The SMILES string of the molecule is S=C(Nc1ccccc1)Nc1ccn(Cc2ccc(Cl)c(Cl)c2)n1. The van der Waals surface area contributed by atoms with Crippen LogP contribution in [0.25, 0.3) is 0 Å². The zero-order valence-corrected chi connectivity index (χ0v) is 14.9. The third-order valence-electron chi connectivity index (χ3n) is 3.24. The first-order valence-electron chi connectivity index (χ1n) is 7.20. The maximum atomic E-state index is 6.03. The quantitative estimate of drug-likeness (QED) is 0.625. The van der Waals surface area contributed by atoms with Gasteiger partial charge in [-0.15, -0.1) is 0 Å². The van der Waals surface area contributed by atoms with Gasteiger partial charge >= 0.3 is 0 Å². The minimum absolute atomic E-state index is 0.487. The van der Waals surface area contributed by atoms with Gasteiger partial charge in [-0.2, -0.15) is 5.10 Å². The van der Waals surface area contributed by atoms with Crippen LogP contribution >= 0.6 is 35.4 Å². The number of hydrogen-bond donors (Lipinski definition) is 2. The van der Waals surface area contributed by atoms with Gasteiger partial charge in [0, 0.05) is 18.0 Å². The molecule has 0 spiro atoms. The van der Waals surface area contributed by atoms with Gasteiger partial charge in [-0.05, 0) is 42.0 Å². The van der Waals surface area contributed by atoms with Crippen molar-refractivity contribution < 1.29 is 0 Å². The molecule has 0 bridgehead atoms. The van der Waals surface area contributed by atoms with E-state index in [1.807, 2.05) is 54.7 Å². The number of thiocarbonyl (C=S) groups is 1. The van der Waals surface area contributed by atoms with E-state index in [-0.39, 0.29) is 0 Å². The summed E-state index contributed by atoms with van der Waals surface area (Å²) in [5, 5.41) is 12.2. The summed E-state index contributed by atoms with van der Waals surface area (Å²) in [4.78, 5) is 0. The van der Waals surface area contributed by atoms with Gasteiger partial charge in [0.05, 0.1) is 16.6 Å². The first-order chi connectivity index (χ1) is 11.6. The molecule has 0 atom stereocenters. The largest absolute Gasteiger partial charge is 0.332 e. The van der Waals surface area contributed by atoms with Gasteiger partial charge in [0.15, 0.2) is 10.9 Å². The topological polar surface area (TPSA) is 41.9 Å². The van der Waals surface area contributed by atoms with E-state index in [9.17, 15) is 0 Å². The molecule has 0 saturated heterocycles. The fourth-order valence-electron chi connectivity index (χ4n) is 2.14. The van der Waals surface area contributed by atoms with Gasteiger partial charge < -0.3 is 10.6 Å². The van der Waals surface area contributed by atoms with Crippen molar-refractivity contribution in [3.05, 3.63) is 76.4 Å². The molecule has 122 valence electrons. The summed E-state index contributed by atoms with van der Waals surface area (Å²) in [6.45, 7) is 0.595. The summed E-state index contributed by atoms with van der Waals surface area (Å²) < 4.78 is 1.80. The number of nitrogens with zero attached hydrogens (tertiary/aromatic N) is 2. The Bertz CT molecular complexity index is 849. The molecule has 0 amide bonds. The van der Waals surface area contributed by atoms with Crippen LogP contribution in [0.15, 0.2) is 60.8 Å². The van der Waals surface area contributed by atoms with Gasteiger partial charge in [0.2, 0.25) is 0 Å². The number of halogens is 2. The van der Waals surface area contributed by atoms with Crippen LogP contribution < -0.4 is 10.6 Å². The summed E-state index contributed by atoms with van der Waals surface area (Å²) in [5.41, 5.74) is 1.94. The number of hydrogen-bond acceptors (Lipinski definition) is 2. The van der Waals surface area contributed by atoms with Crippen molar-refractivity contribution in [2.75, 3.05) is 10.6 Å². The Labute approximate surface area is 155 Å². The molecular weight excluding hydrogens is 363 g/mol. The van der Waals surface area contributed by atoms with Crippen LogP contribution in [-0.2, 0) is 6.54 Å². The molecule has 0 fully saturated rings. The number of aromatic nitrogens is 2. The van der Waals surface area contributed by atoms with E-state index in [4.69, 9.17) is 35.4 Å². The molecule has 7 heteroatoms. The molecular formula is C17H14Cl2N4S. The Morgan fingerprint density at radius 3 is 2.54 bits per heavy atom. The molecule has 0 saturated carbocycles. The van der Waals surface area contributed by atoms with E-state index in [0.717, 1.165) is 11.3 Å². The lowest BCUT2D eigenvalue weighted by Gasteiger charge is -2.08. The second-order valence-electron chi connectivity index (χ2n) is 5.09. The minimum Gasteiger partial charge on any atom is -0.332 e. The van der Waals surface area contributed by atoms with Crippen LogP contribution in [0.5, 0.6) is 0 Å². The third kappa shape index (κ3) is 4.47. The van der Waals surface area contributed by atoms with Crippen molar-refractivity contribution in [1.82, 2.24) is 9.78 Å². The fraction of sp³-hybridized carbons (Fsp3) is 0.0588. The lowest BCUT2D eigenvalue weighted by atomic mass is 10.2. The fourth-order valence-corrected chi connectivity index (χ4v) is 2.68. The van der Waals surface area contributed by atoms with Gasteiger partial charge in [-0.25, -0.2) is 0 Å². The molecule has 0 aliphatic rings. The van der Waals surface area contributed by atoms with Crippen LogP contribution in [0.3, 0.4) is 0 Å². The second kappa shape index (κ2) is 7.66. The van der Waals surface area contributed by atoms with Crippen LogP contribution in [0, 0.1) is 0 Å². The van der Waals surface area contributed by atoms with E-state index < -0.39 is 0 Å². The molecule has 24 heavy (non-hydrogen) atoms.